The van der Waals surface area contributed by atoms with Gasteiger partial charge in [0.1, 0.15) is 5.82 Å². The van der Waals surface area contributed by atoms with Crippen molar-refractivity contribution in [1.29, 1.82) is 0 Å². The molecule has 2 aromatic heterocycles. The molecule has 3 rings (SSSR count). The number of H-pyrrole nitrogens is 1. The Hall–Kier alpha value is -3.10. The van der Waals surface area contributed by atoms with Gasteiger partial charge in [0, 0.05) is 12.3 Å². The monoisotopic (exact) mass is 321 g/mol. The number of benzene rings is 1. The van der Waals surface area contributed by atoms with Crippen molar-refractivity contribution in [2.24, 2.45) is 0 Å². The fourth-order valence-corrected chi connectivity index (χ4v) is 1.93. The van der Waals surface area contributed by atoms with E-state index in [1.807, 2.05) is 0 Å². The maximum atomic E-state index is 12.7. The van der Waals surface area contributed by atoms with E-state index < -0.39 is 17.6 Å². The van der Waals surface area contributed by atoms with Crippen molar-refractivity contribution in [3.8, 4) is 5.69 Å². The molecular weight excluding hydrogens is 311 g/mol. The number of nitrogens with zero attached hydrogens (tertiary/aromatic N) is 3. The average Bonchev–Trinajstić information content (AvgIpc) is 3.17. The van der Waals surface area contributed by atoms with E-state index in [2.05, 4.69) is 20.6 Å². The molecule has 6 nitrogen and oxygen atoms in total. The molecule has 0 saturated heterocycles. The third-order valence-electron chi connectivity index (χ3n) is 3.01. The van der Waals surface area contributed by atoms with E-state index in [1.54, 1.807) is 6.07 Å². The van der Waals surface area contributed by atoms with Gasteiger partial charge in [-0.05, 0) is 24.3 Å². The number of amides is 1. The smallest absolute Gasteiger partial charge is 0.306 e. The van der Waals surface area contributed by atoms with Gasteiger partial charge in [-0.2, -0.15) is 23.4 Å². The first kappa shape index (κ1) is 14.8. The summed E-state index contributed by atoms with van der Waals surface area (Å²) in [6.45, 7) is 0. The van der Waals surface area contributed by atoms with E-state index in [0.29, 0.717) is 5.82 Å². The Labute approximate surface area is 127 Å². The van der Waals surface area contributed by atoms with Gasteiger partial charge < -0.3 is 5.32 Å². The van der Waals surface area contributed by atoms with Crippen LogP contribution in [0.2, 0.25) is 0 Å². The van der Waals surface area contributed by atoms with Gasteiger partial charge in [-0.1, -0.05) is 6.07 Å². The largest absolute Gasteiger partial charge is 0.416 e. The minimum absolute atomic E-state index is 0.0667. The Morgan fingerprint density at radius 1 is 1.22 bits per heavy atom. The topological polar surface area (TPSA) is 75.6 Å². The van der Waals surface area contributed by atoms with Gasteiger partial charge in [0.15, 0.2) is 5.69 Å². The Bertz CT molecular complexity index is 823. The third kappa shape index (κ3) is 3.23. The van der Waals surface area contributed by atoms with Crippen LogP contribution in [0.15, 0.2) is 48.8 Å². The first-order valence-corrected chi connectivity index (χ1v) is 6.47. The number of nitrogens with one attached hydrogen (secondary N) is 2. The van der Waals surface area contributed by atoms with Crippen molar-refractivity contribution in [1.82, 2.24) is 20.0 Å². The van der Waals surface area contributed by atoms with E-state index in [4.69, 9.17) is 0 Å². The number of carbonyl (C=O) groups is 1. The molecule has 0 fully saturated rings. The summed E-state index contributed by atoms with van der Waals surface area (Å²) in [5.41, 5.74) is -0.508. The molecule has 0 aliphatic rings. The molecule has 2 N–H and O–H groups in total. The SMILES string of the molecule is O=C(Nc1ccn[nH]1)c1ccn(-c2cccc(C(F)(F)F)c2)n1. The number of aromatic nitrogens is 4. The molecule has 23 heavy (non-hydrogen) atoms. The number of carbonyl (C=O) groups excluding carboxylic acids is 1. The number of hydrogen-bond acceptors (Lipinski definition) is 3. The molecule has 0 radical (unpaired) electrons. The molecule has 118 valence electrons. The molecule has 0 bridgehead atoms. The molecule has 1 aromatic carbocycles. The zero-order chi connectivity index (χ0) is 16.4. The Kier molecular flexibility index (Phi) is 3.61. The van der Waals surface area contributed by atoms with Crippen LogP contribution in [-0.2, 0) is 6.18 Å². The standard InChI is InChI=1S/C14H10F3N5O/c15-14(16,17)9-2-1-3-10(8-9)22-7-5-11(21-22)13(23)19-12-4-6-18-20-12/h1-8H,(H2,18,19,20,23). The van der Waals surface area contributed by atoms with E-state index in [9.17, 15) is 18.0 Å². The molecule has 3 aromatic rings. The summed E-state index contributed by atoms with van der Waals surface area (Å²) in [6.07, 6.45) is -1.56. The summed E-state index contributed by atoms with van der Waals surface area (Å²) in [6, 6.07) is 7.65. The lowest BCUT2D eigenvalue weighted by molar-refractivity contribution is -0.137. The zero-order valence-electron chi connectivity index (χ0n) is 11.5. The summed E-state index contributed by atoms with van der Waals surface area (Å²) in [5, 5.41) is 12.8. The van der Waals surface area contributed by atoms with Crippen LogP contribution in [0.5, 0.6) is 0 Å². The van der Waals surface area contributed by atoms with Crippen LogP contribution >= 0.6 is 0 Å². The zero-order valence-corrected chi connectivity index (χ0v) is 11.5. The van der Waals surface area contributed by atoms with Crippen LogP contribution in [0.25, 0.3) is 5.69 Å². The van der Waals surface area contributed by atoms with Crippen LogP contribution < -0.4 is 5.32 Å². The van der Waals surface area contributed by atoms with Crippen LogP contribution in [0, 0.1) is 0 Å². The fourth-order valence-electron chi connectivity index (χ4n) is 1.93. The third-order valence-corrected chi connectivity index (χ3v) is 3.01. The summed E-state index contributed by atoms with van der Waals surface area (Å²) in [7, 11) is 0. The highest BCUT2D eigenvalue weighted by Gasteiger charge is 2.30. The van der Waals surface area contributed by atoms with E-state index in [0.717, 1.165) is 12.1 Å². The summed E-state index contributed by atoms with van der Waals surface area (Å²) in [5.74, 6) is -0.108. The minimum atomic E-state index is -4.44. The fraction of sp³-hybridized carbons (Fsp3) is 0.0714. The lowest BCUT2D eigenvalue weighted by Gasteiger charge is -2.08. The highest BCUT2D eigenvalue weighted by Crippen LogP contribution is 2.30. The van der Waals surface area contributed by atoms with Crippen molar-refractivity contribution >= 4 is 11.7 Å². The van der Waals surface area contributed by atoms with Gasteiger partial charge in [-0.15, -0.1) is 0 Å². The quantitative estimate of drug-likeness (QED) is 0.779. The second-order valence-electron chi connectivity index (χ2n) is 4.62. The maximum absolute atomic E-state index is 12.7. The Morgan fingerprint density at radius 3 is 2.74 bits per heavy atom. The molecule has 0 spiro atoms. The molecule has 0 saturated carbocycles. The van der Waals surface area contributed by atoms with Crippen molar-refractivity contribution in [2.45, 2.75) is 6.18 Å². The van der Waals surface area contributed by atoms with Crippen molar-refractivity contribution in [2.75, 3.05) is 5.32 Å². The number of alkyl halides is 3. The van der Waals surface area contributed by atoms with Crippen LogP contribution in [0.1, 0.15) is 16.1 Å². The number of aromatic amines is 1. The molecule has 0 aliphatic carbocycles. The molecule has 0 atom stereocenters. The molecule has 1 amide bonds. The van der Waals surface area contributed by atoms with E-state index >= 15 is 0 Å². The average molecular weight is 321 g/mol. The molecule has 9 heteroatoms. The number of rotatable bonds is 3. The van der Waals surface area contributed by atoms with Gasteiger partial charge >= 0.3 is 6.18 Å². The lowest BCUT2D eigenvalue weighted by atomic mass is 10.2. The summed E-state index contributed by atoms with van der Waals surface area (Å²) >= 11 is 0. The first-order chi connectivity index (χ1) is 10.9. The predicted octanol–water partition coefficient (Wildman–Crippen LogP) is 2.87. The molecule has 0 aliphatic heterocycles. The molecule has 2 heterocycles. The van der Waals surface area contributed by atoms with Crippen LogP contribution in [-0.4, -0.2) is 25.9 Å². The van der Waals surface area contributed by atoms with Crippen molar-refractivity contribution < 1.29 is 18.0 Å². The first-order valence-electron chi connectivity index (χ1n) is 6.47. The number of anilines is 1. The second kappa shape index (κ2) is 5.59. The van der Waals surface area contributed by atoms with E-state index in [-0.39, 0.29) is 11.4 Å². The summed E-state index contributed by atoms with van der Waals surface area (Å²) < 4.78 is 39.4. The highest BCUT2D eigenvalue weighted by molar-refractivity contribution is 6.02. The Balaban J connectivity index is 1.83. The normalized spacial score (nSPS) is 11.4. The van der Waals surface area contributed by atoms with Gasteiger partial charge in [0.25, 0.3) is 5.91 Å². The van der Waals surface area contributed by atoms with Crippen LogP contribution in [0.4, 0.5) is 19.0 Å². The van der Waals surface area contributed by atoms with Gasteiger partial charge in [-0.3, -0.25) is 9.89 Å². The van der Waals surface area contributed by atoms with E-state index in [1.165, 1.54) is 35.3 Å². The number of hydrogen-bond donors (Lipinski definition) is 2. The number of halogens is 3. The van der Waals surface area contributed by atoms with Gasteiger partial charge in [0.2, 0.25) is 0 Å². The molecule has 0 unspecified atom stereocenters. The second-order valence-corrected chi connectivity index (χ2v) is 4.62. The van der Waals surface area contributed by atoms with Gasteiger partial charge in [0.05, 0.1) is 17.4 Å². The molecular formula is C14H10F3N5O. The van der Waals surface area contributed by atoms with Crippen molar-refractivity contribution in [3.63, 3.8) is 0 Å². The summed E-state index contributed by atoms with van der Waals surface area (Å²) in [4.78, 5) is 12.0. The van der Waals surface area contributed by atoms with Gasteiger partial charge in [-0.25, -0.2) is 4.68 Å². The maximum Gasteiger partial charge on any atom is 0.416 e. The van der Waals surface area contributed by atoms with Crippen LogP contribution in [0.3, 0.4) is 0 Å². The van der Waals surface area contributed by atoms with Crippen molar-refractivity contribution in [3.05, 3.63) is 60.0 Å². The highest BCUT2D eigenvalue weighted by atomic mass is 19.4. The lowest BCUT2D eigenvalue weighted by Crippen LogP contribution is -2.13. The Morgan fingerprint density at radius 2 is 2.04 bits per heavy atom. The minimum Gasteiger partial charge on any atom is -0.306 e. The predicted molar refractivity (Wildman–Crippen MR) is 75.1 cm³/mol.